The fourth-order valence-corrected chi connectivity index (χ4v) is 1.72. The summed E-state index contributed by atoms with van der Waals surface area (Å²) >= 11 is 0. The van der Waals surface area contributed by atoms with Gasteiger partial charge in [-0.1, -0.05) is 13.8 Å². The lowest BCUT2D eigenvalue weighted by Crippen LogP contribution is -2.24. The highest BCUT2D eigenvalue weighted by atomic mass is 16.4. The average molecular weight is 249 g/mol. The molecule has 0 aliphatic rings. The molecule has 1 heterocycles. The summed E-state index contributed by atoms with van der Waals surface area (Å²) in [4.78, 5) is 4.32. The maximum Gasteiger partial charge on any atom is 0.295 e. The SMILES string of the molecule is CC(C)(CCO)CNc1nc2ccc(N)cc2o1. The highest BCUT2D eigenvalue weighted by molar-refractivity contribution is 5.78. The molecule has 0 fully saturated rings. The minimum Gasteiger partial charge on any atom is -0.423 e. The molecule has 0 aliphatic carbocycles. The zero-order valence-electron chi connectivity index (χ0n) is 10.7. The van der Waals surface area contributed by atoms with Gasteiger partial charge in [-0.2, -0.15) is 4.98 Å². The van der Waals surface area contributed by atoms with Crippen LogP contribution in [0, 0.1) is 5.41 Å². The van der Waals surface area contributed by atoms with E-state index in [-0.39, 0.29) is 12.0 Å². The Morgan fingerprint density at radius 1 is 1.44 bits per heavy atom. The number of nitrogens with two attached hydrogens (primary N) is 1. The Hall–Kier alpha value is -1.75. The van der Waals surface area contributed by atoms with Crippen LogP contribution < -0.4 is 11.1 Å². The van der Waals surface area contributed by atoms with Crippen molar-refractivity contribution in [2.45, 2.75) is 20.3 Å². The van der Waals surface area contributed by atoms with E-state index in [1.54, 1.807) is 12.1 Å². The van der Waals surface area contributed by atoms with Gasteiger partial charge in [-0.25, -0.2) is 0 Å². The van der Waals surface area contributed by atoms with Crippen LogP contribution in [-0.4, -0.2) is 23.2 Å². The maximum atomic E-state index is 8.96. The molecule has 1 aromatic heterocycles. The predicted molar refractivity (Wildman–Crippen MR) is 72.4 cm³/mol. The predicted octanol–water partition coefficient (Wildman–Crippen LogP) is 2.23. The molecule has 0 radical (unpaired) electrons. The smallest absolute Gasteiger partial charge is 0.295 e. The van der Waals surface area contributed by atoms with Crippen molar-refractivity contribution in [1.29, 1.82) is 0 Å². The molecule has 5 heteroatoms. The highest BCUT2D eigenvalue weighted by Gasteiger charge is 2.18. The standard InChI is InChI=1S/C13H19N3O2/c1-13(2,5-6-17)8-15-12-16-10-4-3-9(14)7-11(10)18-12/h3-4,7,17H,5-6,8,14H2,1-2H3,(H,15,16). The summed E-state index contributed by atoms with van der Waals surface area (Å²) in [5.41, 5.74) is 7.79. The van der Waals surface area contributed by atoms with Gasteiger partial charge in [-0.05, 0) is 24.0 Å². The first-order valence-electron chi connectivity index (χ1n) is 6.01. The van der Waals surface area contributed by atoms with Crippen molar-refractivity contribution >= 4 is 22.8 Å². The van der Waals surface area contributed by atoms with Crippen LogP contribution in [0.5, 0.6) is 0 Å². The number of hydrogen-bond donors (Lipinski definition) is 3. The molecule has 1 aromatic carbocycles. The van der Waals surface area contributed by atoms with Gasteiger partial charge >= 0.3 is 0 Å². The largest absolute Gasteiger partial charge is 0.423 e. The van der Waals surface area contributed by atoms with Gasteiger partial charge in [0.2, 0.25) is 0 Å². The molecule has 0 saturated heterocycles. The number of benzene rings is 1. The van der Waals surface area contributed by atoms with Gasteiger partial charge in [0.25, 0.3) is 6.01 Å². The summed E-state index contributed by atoms with van der Waals surface area (Å²) < 4.78 is 5.56. The Morgan fingerprint density at radius 2 is 2.22 bits per heavy atom. The van der Waals surface area contributed by atoms with Gasteiger partial charge in [-0.3, -0.25) is 0 Å². The van der Waals surface area contributed by atoms with Crippen LogP contribution in [0.1, 0.15) is 20.3 Å². The molecule has 2 rings (SSSR count). The van der Waals surface area contributed by atoms with Crippen molar-refractivity contribution in [2.24, 2.45) is 5.41 Å². The third kappa shape index (κ3) is 2.92. The molecule has 0 atom stereocenters. The number of rotatable bonds is 5. The third-order valence-corrected chi connectivity index (χ3v) is 2.92. The Kier molecular flexibility index (Phi) is 3.43. The first-order chi connectivity index (χ1) is 8.50. The summed E-state index contributed by atoms with van der Waals surface area (Å²) in [6, 6.07) is 5.87. The lowest BCUT2D eigenvalue weighted by molar-refractivity contribution is 0.219. The van der Waals surface area contributed by atoms with Crippen molar-refractivity contribution < 1.29 is 9.52 Å². The Labute approximate surface area is 106 Å². The van der Waals surface area contributed by atoms with Crippen molar-refractivity contribution in [3.8, 4) is 0 Å². The number of nitrogen functional groups attached to an aromatic ring is 1. The van der Waals surface area contributed by atoms with Crippen LogP contribution in [0.25, 0.3) is 11.1 Å². The fraction of sp³-hybridized carbons (Fsp3) is 0.462. The Bertz CT molecular complexity index is 534. The number of nitrogens with zero attached hydrogens (tertiary/aromatic N) is 1. The first-order valence-corrected chi connectivity index (χ1v) is 6.01. The van der Waals surface area contributed by atoms with Crippen LogP contribution >= 0.6 is 0 Å². The summed E-state index contributed by atoms with van der Waals surface area (Å²) in [7, 11) is 0. The number of aliphatic hydroxyl groups excluding tert-OH is 1. The van der Waals surface area contributed by atoms with Crippen LogP contribution in [0.4, 0.5) is 11.7 Å². The number of fused-ring (bicyclic) bond motifs is 1. The molecule has 5 nitrogen and oxygen atoms in total. The van der Waals surface area contributed by atoms with Gasteiger partial charge in [-0.15, -0.1) is 0 Å². The normalized spacial score (nSPS) is 11.9. The molecule has 0 saturated carbocycles. The van der Waals surface area contributed by atoms with Crippen molar-refractivity contribution in [3.63, 3.8) is 0 Å². The lowest BCUT2D eigenvalue weighted by Gasteiger charge is -2.23. The van der Waals surface area contributed by atoms with Crippen LogP contribution in [0.15, 0.2) is 22.6 Å². The second kappa shape index (κ2) is 4.86. The van der Waals surface area contributed by atoms with Crippen molar-refractivity contribution in [1.82, 2.24) is 4.98 Å². The van der Waals surface area contributed by atoms with E-state index in [0.29, 0.717) is 23.8 Å². The second-order valence-electron chi connectivity index (χ2n) is 5.24. The second-order valence-corrected chi connectivity index (χ2v) is 5.24. The minimum absolute atomic E-state index is 0.00552. The molecular weight excluding hydrogens is 230 g/mol. The molecular formula is C13H19N3O2. The van der Waals surface area contributed by atoms with Gasteiger partial charge in [0, 0.05) is 24.9 Å². The summed E-state index contributed by atoms with van der Waals surface area (Å²) in [5, 5.41) is 12.1. The van der Waals surface area contributed by atoms with E-state index >= 15 is 0 Å². The molecule has 0 aliphatic heterocycles. The molecule has 18 heavy (non-hydrogen) atoms. The molecule has 0 amide bonds. The molecule has 0 unspecified atom stereocenters. The van der Waals surface area contributed by atoms with Crippen LogP contribution in [-0.2, 0) is 0 Å². The van der Waals surface area contributed by atoms with Crippen molar-refractivity contribution in [3.05, 3.63) is 18.2 Å². The van der Waals surface area contributed by atoms with Gasteiger partial charge in [0.15, 0.2) is 5.58 Å². The van der Waals surface area contributed by atoms with Gasteiger partial charge in [0.05, 0.1) is 0 Å². The van der Waals surface area contributed by atoms with E-state index in [2.05, 4.69) is 24.1 Å². The zero-order valence-corrected chi connectivity index (χ0v) is 10.7. The lowest BCUT2D eigenvalue weighted by atomic mass is 9.90. The number of aliphatic hydroxyl groups is 1. The van der Waals surface area contributed by atoms with Crippen LogP contribution in [0.3, 0.4) is 0 Å². The fourth-order valence-electron chi connectivity index (χ4n) is 1.72. The summed E-state index contributed by atoms with van der Waals surface area (Å²) in [6.07, 6.45) is 0.729. The van der Waals surface area contributed by atoms with E-state index in [1.807, 2.05) is 6.07 Å². The number of oxazole rings is 1. The van der Waals surface area contributed by atoms with Gasteiger partial charge < -0.3 is 20.6 Å². The topological polar surface area (TPSA) is 84.3 Å². The number of anilines is 2. The van der Waals surface area contributed by atoms with E-state index in [0.717, 1.165) is 11.9 Å². The number of nitrogens with one attached hydrogen (secondary N) is 1. The molecule has 98 valence electrons. The summed E-state index contributed by atoms with van der Waals surface area (Å²) in [5.74, 6) is 0. The van der Waals surface area contributed by atoms with Crippen LogP contribution in [0.2, 0.25) is 0 Å². The Balaban J connectivity index is 2.08. The molecule has 0 spiro atoms. The van der Waals surface area contributed by atoms with Gasteiger partial charge in [0.1, 0.15) is 5.52 Å². The van der Waals surface area contributed by atoms with E-state index in [9.17, 15) is 0 Å². The molecule has 4 N–H and O–H groups in total. The molecule has 0 bridgehead atoms. The highest BCUT2D eigenvalue weighted by Crippen LogP contribution is 2.24. The Morgan fingerprint density at radius 3 is 2.94 bits per heavy atom. The zero-order chi connectivity index (χ0) is 13.2. The monoisotopic (exact) mass is 249 g/mol. The first kappa shape index (κ1) is 12.7. The third-order valence-electron chi connectivity index (χ3n) is 2.92. The van der Waals surface area contributed by atoms with E-state index < -0.39 is 0 Å². The van der Waals surface area contributed by atoms with E-state index in [4.69, 9.17) is 15.3 Å². The van der Waals surface area contributed by atoms with E-state index in [1.165, 1.54) is 0 Å². The maximum absolute atomic E-state index is 8.96. The van der Waals surface area contributed by atoms with Crippen molar-refractivity contribution in [2.75, 3.05) is 24.2 Å². The molecule has 2 aromatic rings. The minimum atomic E-state index is -0.00552. The number of hydrogen-bond acceptors (Lipinski definition) is 5. The average Bonchev–Trinajstić information content (AvgIpc) is 2.68. The summed E-state index contributed by atoms with van der Waals surface area (Å²) in [6.45, 7) is 5.03. The number of aromatic nitrogens is 1. The quantitative estimate of drug-likeness (QED) is 0.708.